The first-order valence-corrected chi connectivity index (χ1v) is 9.71. The standard InChI is InChI=1S/C20H19N3O5S/c1-4-28-17(24)11-22-16-9-12(2)8-13(3)18(16)29-20(22)21-19(25)14-6-5-7-15(10-14)23(26)27/h5-10H,4,11H2,1-3H3. The maximum atomic E-state index is 12.7. The third-order valence-corrected chi connectivity index (χ3v) is 5.44. The molecule has 1 heterocycles. The summed E-state index contributed by atoms with van der Waals surface area (Å²) in [5.41, 5.74) is 2.72. The van der Waals surface area contributed by atoms with Crippen molar-refractivity contribution >= 4 is 39.1 Å². The fourth-order valence-electron chi connectivity index (χ4n) is 2.99. The number of non-ortho nitro benzene ring substituents is 1. The molecule has 29 heavy (non-hydrogen) atoms. The number of esters is 1. The molecular weight excluding hydrogens is 394 g/mol. The largest absolute Gasteiger partial charge is 0.465 e. The van der Waals surface area contributed by atoms with Crippen molar-refractivity contribution in [1.29, 1.82) is 0 Å². The summed E-state index contributed by atoms with van der Waals surface area (Å²) in [5, 5.41) is 11.0. The minimum absolute atomic E-state index is 0.0855. The number of rotatable bonds is 5. The lowest BCUT2D eigenvalue weighted by Gasteiger charge is -2.06. The molecule has 3 aromatic rings. The summed E-state index contributed by atoms with van der Waals surface area (Å²) in [6, 6.07) is 9.34. The number of nitrogens with zero attached hydrogens (tertiary/aromatic N) is 3. The van der Waals surface area contributed by atoms with E-state index in [1.165, 1.54) is 35.6 Å². The van der Waals surface area contributed by atoms with Gasteiger partial charge in [-0.15, -0.1) is 0 Å². The van der Waals surface area contributed by atoms with Gasteiger partial charge in [0, 0.05) is 17.7 Å². The van der Waals surface area contributed by atoms with Crippen LogP contribution in [0.1, 0.15) is 28.4 Å². The fraction of sp³-hybridized carbons (Fsp3) is 0.250. The Bertz CT molecular complexity index is 1190. The predicted octanol–water partition coefficient (Wildman–Crippen LogP) is 3.53. The van der Waals surface area contributed by atoms with Gasteiger partial charge in [0.2, 0.25) is 0 Å². The van der Waals surface area contributed by atoms with Crippen LogP contribution in [0.2, 0.25) is 0 Å². The molecule has 0 aliphatic carbocycles. The predicted molar refractivity (Wildman–Crippen MR) is 109 cm³/mol. The van der Waals surface area contributed by atoms with E-state index in [2.05, 4.69) is 4.99 Å². The zero-order valence-electron chi connectivity index (χ0n) is 16.2. The molecule has 1 aromatic heterocycles. The zero-order chi connectivity index (χ0) is 21.1. The average molecular weight is 413 g/mol. The summed E-state index contributed by atoms with van der Waals surface area (Å²) < 4.78 is 7.61. The van der Waals surface area contributed by atoms with Gasteiger partial charge >= 0.3 is 5.97 Å². The van der Waals surface area contributed by atoms with Crippen molar-refractivity contribution in [2.24, 2.45) is 4.99 Å². The summed E-state index contributed by atoms with van der Waals surface area (Å²) in [6.45, 7) is 5.78. The first-order chi connectivity index (χ1) is 13.8. The van der Waals surface area contributed by atoms with Crippen LogP contribution in [0.4, 0.5) is 5.69 Å². The number of benzene rings is 2. The van der Waals surface area contributed by atoms with Crippen LogP contribution in [0.5, 0.6) is 0 Å². The lowest BCUT2D eigenvalue weighted by Crippen LogP contribution is -2.23. The number of thiazole rings is 1. The third-order valence-electron chi connectivity index (χ3n) is 4.21. The molecule has 150 valence electrons. The lowest BCUT2D eigenvalue weighted by atomic mass is 10.1. The average Bonchev–Trinajstić information content (AvgIpc) is 2.99. The number of nitro benzene ring substituents is 1. The lowest BCUT2D eigenvalue weighted by molar-refractivity contribution is -0.384. The van der Waals surface area contributed by atoms with Crippen molar-refractivity contribution in [3.63, 3.8) is 0 Å². The summed E-state index contributed by atoms with van der Waals surface area (Å²) in [4.78, 5) is 39.7. The van der Waals surface area contributed by atoms with Crippen LogP contribution in [0.15, 0.2) is 41.4 Å². The Morgan fingerprint density at radius 2 is 2.00 bits per heavy atom. The molecule has 0 bridgehead atoms. The van der Waals surface area contributed by atoms with E-state index in [-0.39, 0.29) is 24.4 Å². The highest BCUT2D eigenvalue weighted by Crippen LogP contribution is 2.24. The molecule has 0 radical (unpaired) electrons. The van der Waals surface area contributed by atoms with Crippen LogP contribution < -0.4 is 4.80 Å². The molecule has 0 aliphatic heterocycles. The van der Waals surface area contributed by atoms with Crippen LogP contribution in [-0.2, 0) is 16.1 Å². The highest BCUT2D eigenvalue weighted by Gasteiger charge is 2.16. The van der Waals surface area contributed by atoms with Crippen molar-refractivity contribution in [3.8, 4) is 0 Å². The second-order valence-electron chi connectivity index (χ2n) is 6.43. The van der Waals surface area contributed by atoms with E-state index in [1.54, 1.807) is 11.5 Å². The van der Waals surface area contributed by atoms with Gasteiger partial charge in [-0.25, -0.2) is 0 Å². The maximum Gasteiger partial charge on any atom is 0.326 e. The maximum absolute atomic E-state index is 12.7. The summed E-state index contributed by atoms with van der Waals surface area (Å²) >= 11 is 1.29. The van der Waals surface area contributed by atoms with E-state index in [9.17, 15) is 19.7 Å². The summed E-state index contributed by atoms with van der Waals surface area (Å²) in [5.74, 6) is -1.05. The Morgan fingerprint density at radius 1 is 1.24 bits per heavy atom. The monoisotopic (exact) mass is 413 g/mol. The van der Waals surface area contributed by atoms with Gasteiger partial charge in [-0.3, -0.25) is 19.7 Å². The van der Waals surface area contributed by atoms with Crippen molar-refractivity contribution in [3.05, 3.63) is 68.0 Å². The Kier molecular flexibility index (Phi) is 5.88. The van der Waals surface area contributed by atoms with Crippen LogP contribution in [-0.4, -0.2) is 28.0 Å². The number of aromatic nitrogens is 1. The van der Waals surface area contributed by atoms with E-state index in [0.717, 1.165) is 21.3 Å². The number of aryl methyl sites for hydroxylation is 2. The quantitative estimate of drug-likeness (QED) is 0.362. The number of ether oxygens (including phenoxy) is 1. The van der Waals surface area contributed by atoms with Crippen LogP contribution in [0, 0.1) is 24.0 Å². The van der Waals surface area contributed by atoms with E-state index >= 15 is 0 Å². The molecule has 0 atom stereocenters. The van der Waals surface area contributed by atoms with Crippen LogP contribution in [0.25, 0.3) is 10.2 Å². The topological polar surface area (TPSA) is 104 Å². The van der Waals surface area contributed by atoms with E-state index in [4.69, 9.17) is 4.74 Å². The van der Waals surface area contributed by atoms with Gasteiger partial charge in [0.25, 0.3) is 11.6 Å². The number of nitro groups is 1. The first-order valence-electron chi connectivity index (χ1n) is 8.90. The van der Waals surface area contributed by atoms with Gasteiger partial charge in [0.15, 0.2) is 4.80 Å². The highest BCUT2D eigenvalue weighted by molar-refractivity contribution is 7.16. The molecule has 8 nitrogen and oxygen atoms in total. The third kappa shape index (κ3) is 4.40. The molecule has 1 amide bonds. The minimum atomic E-state index is -0.618. The van der Waals surface area contributed by atoms with Gasteiger partial charge in [-0.05, 0) is 44.0 Å². The second kappa shape index (κ2) is 8.36. The fourth-order valence-corrected chi connectivity index (χ4v) is 4.07. The van der Waals surface area contributed by atoms with Crippen molar-refractivity contribution in [1.82, 2.24) is 4.57 Å². The molecule has 0 unspecified atom stereocenters. The molecule has 3 rings (SSSR count). The minimum Gasteiger partial charge on any atom is -0.465 e. The number of hydrogen-bond donors (Lipinski definition) is 0. The Balaban J connectivity index is 2.15. The second-order valence-corrected chi connectivity index (χ2v) is 7.41. The Labute approximate surface area is 170 Å². The number of carbonyl (C=O) groups is 2. The molecule has 9 heteroatoms. The van der Waals surface area contributed by atoms with Crippen LogP contribution in [0.3, 0.4) is 0 Å². The van der Waals surface area contributed by atoms with E-state index in [1.807, 2.05) is 26.0 Å². The molecule has 0 spiro atoms. The van der Waals surface area contributed by atoms with Gasteiger partial charge in [0.1, 0.15) is 6.54 Å². The van der Waals surface area contributed by atoms with Gasteiger partial charge in [-0.2, -0.15) is 4.99 Å². The molecule has 0 aliphatic rings. The summed E-state index contributed by atoms with van der Waals surface area (Å²) in [6.07, 6.45) is 0. The van der Waals surface area contributed by atoms with E-state index < -0.39 is 16.8 Å². The normalized spacial score (nSPS) is 11.6. The van der Waals surface area contributed by atoms with Crippen molar-refractivity contribution in [2.75, 3.05) is 6.61 Å². The molecule has 0 saturated heterocycles. The highest BCUT2D eigenvalue weighted by atomic mass is 32.1. The van der Waals surface area contributed by atoms with Crippen molar-refractivity contribution in [2.45, 2.75) is 27.3 Å². The van der Waals surface area contributed by atoms with E-state index in [0.29, 0.717) is 4.80 Å². The molecule has 0 N–H and O–H groups in total. The number of amides is 1. The SMILES string of the molecule is CCOC(=O)Cn1c(=NC(=O)c2cccc([N+](=O)[O-])c2)sc2c(C)cc(C)cc21. The number of hydrogen-bond acceptors (Lipinski definition) is 6. The first kappa shape index (κ1) is 20.4. The summed E-state index contributed by atoms with van der Waals surface area (Å²) in [7, 11) is 0. The molecule has 0 fully saturated rings. The van der Waals surface area contributed by atoms with Gasteiger partial charge in [-0.1, -0.05) is 23.5 Å². The molecular formula is C20H19N3O5S. The smallest absolute Gasteiger partial charge is 0.326 e. The van der Waals surface area contributed by atoms with Gasteiger partial charge < -0.3 is 9.30 Å². The van der Waals surface area contributed by atoms with Crippen LogP contribution >= 0.6 is 11.3 Å². The molecule has 0 saturated carbocycles. The number of fused-ring (bicyclic) bond motifs is 1. The Hall–Kier alpha value is -3.33. The molecule has 2 aromatic carbocycles. The Morgan fingerprint density at radius 3 is 2.69 bits per heavy atom. The van der Waals surface area contributed by atoms with Crippen molar-refractivity contribution < 1.29 is 19.2 Å². The number of carbonyl (C=O) groups excluding carboxylic acids is 2. The van der Waals surface area contributed by atoms with Gasteiger partial charge in [0.05, 0.1) is 21.7 Å². The zero-order valence-corrected chi connectivity index (χ0v) is 17.0.